The van der Waals surface area contributed by atoms with Crippen molar-refractivity contribution in [3.8, 4) is 0 Å². The van der Waals surface area contributed by atoms with Crippen LogP contribution in [0.4, 0.5) is 0 Å². The topological polar surface area (TPSA) is 55.1 Å². The smallest absolute Gasteiger partial charge is 0.220 e. The van der Waals surface area contributed by atoms with Crippen molar-refractivity contribution < 1.29 is 4.79 Å². The van der Waals surface area contributed by atoms with Gasteiger partial charge in [0.1, 0.15) is 0 Å². The summed E-state index contributed by atoms with van der Waals surface area (Å²) in [7, 11) is 0. The zero-order valence-electron chi connectivity index (χ0n) is 13.2. The van der Waals surface area contributed by atoms with Gasteiger partial charge in [0.25, 0.3) is 0 Å². The summed E-state index contributed by atoms with van der Waals surface area (Å²) < 4.78 is 0. The average molecular weight is 305 g/mol. The van der Waals surface area contributed by atoms with Gasteiger partial charge in [-0.1, -0.05) is 39.5 Å². The molecule has 0 aromatic rings. The van der Waals surface area contributed by atoms with E-state index in [4.69, 9.17) is 5.73 Å². The summed E-state index contributed by atoms with van der Waals surface area (Å²) in [4.78, 5) is 11.9. The Kier molecular flexibility index (Phi) is 11.2. The molecule has 2 atom stereocenters. The number of halogens is 1. The van der Waals surface area contributed by atoms with Gasteiger partial charge in [-0.15, -0.1) is 12.4 Å². The highest BCUT2D eigenvalue weighted by Gasteiger charge is 2.24. The van der Waals surface area contributed by atoms with Crippen molar-refractivity contribution in [2.45, 2.75) is 77.7 Å². The molecule has 20 heavy (non-hydrogen) atoms. The zero-order chi connectivity index (χ0) is 14.1. The third-order valence-electron chi connectivity index (χ3n) is 4.38. The predicted octanol–water partition coefficient (Wildman–Crippen LogP) is 3.65. The molecule has 1 aliphatic carbocycles. The molecule has 1 amide bonds. The minimum atomic E-state index is 0. The van der Waals surface area contributed by atoms with E-state index in [0.717, 1.165) is 44.1 Å². The SMILES string of the molecule is CC(C)C1CCCC(NC(=O)CCCCCCN)C1.Cl. The van der Waals surface area contributed by atoms with Gasteiger partial charge in [-0.3, -0.25) is 4.79 Å². The highest BCUT2D eigenvalue weighted by molar-refractivity contribution is 5.85. The Morgan fingerprint density at radius 2 is 1.90 bits per heavy atom. The molecule has 0 bridgehead atoms. The minimum Gasteiger partial charge on any atom is -0.353 e. The van der Waals surface area contributed by atoms with Crippen LogP contribution < -0.4 is 11.1 Å². The quantitative estimate of drug-likeness (QED) is 0.673. The van der Waals surface area contributed by atoms with Crippen LogP contribution in [0.15, 0.2) is 0 Å². The van der Waals surface area contributed by atoms with E-state index in [1.54, 1.807) is 0 Å². The molecule has 2 unspecified atom stereocenters. The predicted molar refractivity (Wildman–Crippen MR) is 88.1 cm³/mol. The number of nitrogens with one attached hydrogen (secondary N) is 1. The lowest BCUT2D eigenvalue weighted by molar-refractivity contribution is -0.122. The molecule has 0 spiro atoms. The van der Waals surface area contributed by atoms with Crippen LogP contribution in [0.2, 0.25) is 0 Å². The Bertz CT molecular complexity index is 259. The summed E-state index contributed by atoms with van der Waals surface area (Å²) in [5.41, 5.74) is 5.45. The normalized spacial score (nSPS) is 22.4. The first-order valence-electron chi connectivity index (χ1n) is 8.13. The summed E-state index contributed by atoms with van der Waals surface area (Å²) in [6, 6.07) is 0.428. The van der Waals surface area contributed by atoms with E-state index in [9.17, 15) is 4.79 Å². The highest BCUT2D eigenvalue weighted by atomic mass is 35.5. The first-order valence-corrected chi connectivity index (χ1v) is 8.13. The van der Waals surface area contributed by atoms with Gasteiger partial charge >= 0.3 is 0 Å². The molecule has 1 saturated carbocycles. The molecule has 120 valence electrons. The molecular formula is C16H33ClN2O. The molecule has 0 aliphatic heterocycles. The minimum absolute atomic E-state index is 0. The molecule has 3 N–H and O–H groups in total. The molecular weight excluding hydrogens is 272 g/mol. The van der Waals surface area contributed by atoms with Gasteiger partial charge in [-0.25, -0.2) is 0 Å². The third kappa shape index (κ3) is 8.11. The number of nitrogens with two attached hydrogens (primary N) is 1. The van der Waals surface area contributed by atoms with Crippen LogP contribution in [0.3, 0.4) is 0 Å². The fourth-order valence-corrected chi connectivity index (χ4v) is 3.05. The Morgan fingerprint density at radius 1 is 1.20 bits per heavy atom. The number of rotatable bonds is 8. The summed E-state index contributed by atoms with van der Waals surface area (Å²) in [6.07, 6.45) is 10.0. The molecule has 1 rings (SSSR count). The standard InChI is InChI=1S/C16H32N2O.ClH/c1-13(2)14-8-7-9-15(12-14)18-16(19)10-5-3-4-6-11-17;/h13-15H,3-12,17H2,1-2H3,(H,18,19);1H. The van der Waals surface area contributed by atoms with Gasteiger partial charge < -0.3 is 11.1 Å². The lowest BCUT2D eigenvalue weighted by Crippen LogP contribution is -2.39. The van der Waals surface area contributed by atoms with Gasteiger partial charge in [-0.05, 0) is 44.1 Å². The van der Waals surface area contributed by atoms with Crippen molar-refractivity contribution in [2.24, 2.45) is 17.6 Å². The van der Waals surface area contributed by atoms with Crippen molar-refractivity contribution >= 4 is 18.3 Å². The molecule has 0 aromatic heterocycles. The number of hydrogen-bond acceptors (Lipinski definition) is 2. The Hall–Kier alpha value is -0.280. The van der Waals surface area contributed by atoms with Crippen LogP contribution in [0.5, 0.6) is 0 Å². The van der Waals surface area contributed by atoms with Crippen molar-refractivity contribution in [1.82, 2.24) is 5.32 Å². The fraction of sp³-hybridized carbons (Fsp3) is 0.938. The summed E-state index contributed by atoms with van der Waals surface area (Å²) >= 11 is 0. The number of amides is 1. The van der Waals surface area contributed by atoms with Crippen LogP contribution in [0, 0.1) is 11.8 Å². The lowest BCUT2D eigenvalue weighted by Gasteiger charge is -2.32. The maximum atomic E-state index is 11.9. The molecule has 0 radical (unpaired) electrons. The zero-order valence-corrected chi connectivity index (χ0v) is 14.0. The van der Waals surface area contributed by atoms with Crippen LogP contribution in [-0.4, -0.2) is 18.5 Å². The number of carbonyl (C=O) groups is 1. The second-order valence-corrected chi connectivity index (χ2v) is 6.39. The highest BCUT2D eigenvalue weighted by Crippen LogP contribution is 2.29. The molecule has 3 nitrogen and oxygen atoms in total. The molecule has 0 saturated heterocycles. The van der Waals surface area contributed by atoms with Gasteiger partial charge in [0, 0.05) is 12.5 Å². The van der Waals surface area contributed by atoms with E-state index in [-0.39, 0.29) is 18.3 Å². The monoisotopic (exact) mass is 304 g/mol. The number of hydrogen-bond donors (Lipinski definition) is 2. The maximum Gasteiger partial charge on any atom is 0.220 e. The van der Waals surface area contributed by atoms with E-state index in [1.807, 2.05) is 0 Å². The number of unbranched alkanes of at least 4 members (excludes halogenated alkanes) is 3. The molecule has 4 heteroatoms. The Morgan fingerprint density at radius 3 is 2.55 bits per heavy atom. The van der Waals surface area contributed by atoms with Gasteiger partial charge in [0.15, 0.2) is 0 Å². The molecule has 0 aromatic carbocycles. The average Bonchev–Trinajstić information content (AvgIpc) is 2.38. The van der Waals surface area contributed by atoms with Gasteiger partial charge in [0.2, 0.25) is 5.91 Å². The third-order valence-corrected chi connectivity index (χ3v) is 4.38. The number of carbonyl (C=O) groups excluding carboxylic acids is 1. The second kappa shape index (κ2) is 11.4. The van der Waals surface area contributed by atoms with E-state index in [2.05, 4.69) is 19.2 Å². The lowest BCUT2D eigenvalue weighted by atomic mass is 9.79. The first-order chi connectivity index (χ1) is 9.13. The van der Waals surface area contributed by atoms with Crippen molar-refractivity contribution in [3.63, 3.8) is 0 Å². The molecule has 0 heterocycles. The Labute approximate surface area is 130 Å². The van der Waals surface area contributed by atoms with E-state index >= 15 is 0 Å². The van der Waals surface area contributed by atoms with Gasteiger partial charge in [-0.2, -0.15) is 0 Å². The van der Waals surface area contributed by atoms with E-state index in [1.165, 1.54) is 25.7 Å². The van der Waals surface area contributed by atoms with Crippen LogP contribution in [0.1, 0.15) is 71.6 Å². The Balaban J connectivity index is 0.00000361. The largest absolute Gasteiger partial charge is 0.353 e. The van der Waals surface area contributed by atoms with E-state index in [0.29, 0.717) is 12.5 Å². The van der Waals surface area contributed by atoms with Crippen molar-refractivity contribution in [2.75, 3.05) is 6.54 Å². The summed E-state index contributed by atoms with van der Waals surface area (Å²) in [5.74, 6) is 1.79. The maximum absolute atomic E-state index is 11.9. The van der Waals surface area contributed by atoms with Crippen LogP contribution in [0.25, 0.3) is 0 Å². The summed E-state index contributed by atoms with van der Waals surface area (Å²) in [6.45, 7) is 5.36. The van der Waals surface area contributed by atoms with Gasteiger partial charge in [0.05, 0.1) is 0 Å². The second-order valence-electron chi connectivity index (χ2n) is 6.39. The summed E-state index contributed by atoms with van der Waals surface area (Å²) in [5, 5.41) is 3.23. The van der Waals surface area contributed by atoms with Crippen LogP contribution in [-0.2, 0) is 4.79 Å². The van der Waals surface area contributed by atoms with Crippen molar-refractivity contribution in [3.05, 3.63) is 0 Å². The van der Waals surface area contributed by atoms with Crippen molar-refractivity contribution in [1.29, 1.82) is 0 Å². The van der Waals surface area contributed by atoms with E-state index < -0.39 is 0 Å². The fourth-order valence-electron chi connectivity index (χ4n) is 3.05. The molecule has 1 fully saturated rings. The van der Waals surface area contributed by atoms with Crippen LogP contribution >= 0.6 is 12.4 Å². The molecule has 1 aliphatic rings. The first kappa shape index (κ1) is 19.7.